The molecule has 33 heavy (non-hydrogen) atoms. The second kappa shape index (κ2) is 9.58. The summed E-state index contributed by atoms with van der Waals surface area (Å²) in [5, 5.41) is 16.2. The summed E-state index contributed by atoms with van der Waals surface area (Å²) in [4.78, 5) is 33.9. The zero-order valence-electron chi connectivity index (χ0n) is 16.9. The lowest BCUT2D eigenvalue weighted by Crippen LogP contribution is -2.33. The van der Waals surface area contributed by atoms with Gasteiger partial charge in [-0.2, -0.15) is 0 Å². The molecule has 0 saturated carbocycles. The number of carbonyl (C=O) groups is 2. The van der Waals surface area contributed by atoms with Crippen LogP contribution in [0.25, 0.3) is 11.3 Å². The third-order valence-electron chi connectivity index (χ3n) is 4.12. The van der Waals surface area contributed by atoms with Crippen LogP contribution in [0.1, 0.15) is 17.5 Å². The molecule has 0 bridgehead atoms. The summed E-state index contributed by atoms with van der Waals surface area (Å²) in [6.45, 7) is 1.08. The maximum Gasteiger partial charge on any atom is 0.293 e. The number of nitro benzene ring substituents is 1. The number of nitrogens with one attached hydrogen (secondary N) is 3. The number of amides is 2. The average molecular weight is 489 g/mol. The van der Waals surface area contributed by atoms with Crippen molar-refractivity contribution in [2.45, 2.75) is 11.8 Å². The van der Waals surface area contributed by atoms with Crippen LogP contribution in [0.5, 0.6) is 0 Å². The second-order valence-electron chi connectivity index (χ2n) is 6.53. The standard InChI is InChI=1S/C20H16N4O7S2/c1-12(25)23-33(29,30)14-8-6-13(7-9-14)21-20(32)22-19(26)18-11-10-17(31-18)15-4-2-3-5-16(15)24(27)28/h2-11H,1H3,(H,23,25)(H2,21,22,26,32). The van der Waals surface area contributed by atoms with Crippen molar-refractivity contribution in [3.63, 3.8) is 0 Å². The Kier molecular flexibility index (Phi) is 6.84. The van der Waals surface area contributed by atoms with Crippen molar-refractivity contribution in [2.24, 2.45) is 0 Å². The fourth-order valence-electron chi connectivity index (χ4n) is 2.74. The van der Waals surface area contributed by atoms with E-state index in [-0.39, 0.29) is 32.8 Å². The highest BCUT2D eigenvalue weighted by Gasteiger charge is 2.20. The van der Waals surface area contributed by atoms with Gasteiger partial charge in [-0.15, -0.1) is 0 Å². The summed E-state index contributed by atoms with van der Waals surface area (Å²) in [6, 6.07) is 14.0. The van der Waals surface area contributed by atoms with Crippen LogP contribution in [0, 0.1) is 10.1 Å². The van der Waals surface area contributed by atoms with Crippen LogP contribution in [0.3, 0.4) is 0 Å². The maximum absolute atomic E-state index is 12.4. The Morgan fingerprint density at radius 3 is 2.33 bits per heavy atom. The molecule has 13 heteroatoms. The number of furan rings is 1. The molecule has 0 fully saturated rings. The molecular formula is C20H16N4O7S2. The molecule has 0 aliphatic heterocycles. The molecule has 11 nitrogen and oxygen atoms in total. The first-order valence-electron chi connectivity index (χ1n) is 9.16. The molecule has 1 aromatic heterocycles. The lowest BCUT2D eigenvalue weighted by molar-refractivity contribution is -0.384. The van der Waals surface area contributed by atoms with Crippen molar-refractivity contribution >= 4 is 50.5 Å². The monoisotopic (exact) mass is 488 g/mol. The van der Waals surface area contributed by atoms with Gasteiger partial charge in [-0.3, -0.25) is 25.0 Å². The zero-order chi connectivity index (χ0) is 24.2. The summed E-state index contributed by atoms with van der Waals surface area (Å²) in [6.07, 6.45) is 0. The quantitative estimate of drug-likeness (QED) is 0.269. The Balaban J connectivity index is 1.66. The number of para-hydroxylation sites is 1. The molecule has 2 aromatic carbocycles. The molecule has 1 heterocycles. The van der Waals surface area contributed by atoms with Gasteiger partial charge in [0.1, 0.15) is 5.76 Å². The predicted molar refractivity (Wildman–Crippen MR) is 122 cm³/mol. The topological polar surface area (TPSA) is 161 Å². The first kappa shape index (κ1) is 23.6. The smallest absolute Gasteiger partial charge is 0.293 e. The number of anilines is 1. The minimum Gasteiger partial charge on any atom is -0.451 e. The fourth-order valence-corrected chi connectivity index (χ4v) is 3.94. The average Bonchev–Trinajstić information content (AvgIpc) is 3.23. The maximum atomic E-state index is 12.4. The SMILES string of the molecule is CC(=O)NS(=O)(=O)c1ccc(NC(=S)NC(=O)c2ccc(-c3ccccc3[N+](=O)[O-])o2)cc1. The molecule has 0 saturated heterocycles. The van der Waals surface area contributed by atoms with Crippen LogP contribution < -0.4 is 15.4 Å². The van der Waals surface area contributed by atoms with Gasteiger partial charge >= 0.3 is 0 Å². The minimum absolute atomic E-state index is 0.0962. The van der Waals surface area contributed by atoms with Gasteiger partial charge < -0.3 is 9.73 Å². The van der Waals surface area contributed by atoms with Gasteiger partial charge in [0.05, 0.1) is 15.4 Å². The number of sulfonamides is 1. The molecule has 3 aromatic rings. The van der Waals surface area contributed by atoms with E-state index in [1.807, 2.05) is 4.72 Å². The van der Waals surface area contributed by atoms with E-state index >= 15 is 0 Å². The van der Waals surface area contributed by atoms with Gasteiger partial charge in [0, 0.05) is 18.7 Å². The highest BCUT2D eigenvalue weighted by atomic mass is 32.2. The van der Waals surface area contributed by atoms with Gasteiger partial charge in [0.2, 0.25) is 5.91 Å². The molecule has 2 amide bonds. The van der Waals surface area contributed by atoms with Crippen molar-refractivity contribution in [1.29, 1.82) is 0 Å². The van der Waals surface area contributed by atoms with Gasteiger partial charge in [0.25, 0.3) is 21.6 Å². The lowest BCUT2D eigenvalue weighted by Gasteiger charge is -2.10. The molecule has 0 aliphatic rings. The van der Waals surface area contributed by atoms with E-state index in [9.17, 15) is 28.1 Å². The minimum atomic E-state index is -3.97. The van der Waals surface area contributed by atoms with E-state index in [2.05, 4.69) is 10.6 Å². The van der Waals surface area contributed by atoms with E-state index in [0.29, 0.717) is 5.69 Å². The Morgan fingerprint density at radius 1 is 1.03 bits per heavy atom. The number of nitrogens with zero attached hydrogens (tertiary/aromatic N) is 1. The molecule has 3 rings (SSSR count). The Labute approximate surface area is 193 Å². The molecular weight excluding hydrogens is 472 g/mol. The number of nitro groups is 1. The highest BCUT2D eigenvalue weighted by molar-refractivity contribution is 7.90. The third kappa shape index (κ3) is 5.78. The van der Waals surface area contributed by atoms with E-state index < -0.39 is 26.8 Å². The zero-order valence-corrected chi connectivity index (χ0v) is 18.5. The van der Waals surface area contributed by atoms with Crippen LogP contribution in [-0.4, -0.2) is 30.3 Å². The van der Waals surface area contributed by atoms with Crippen molar-refractivity contribution in [1.82, 2.24) is 10.0 Å². The second-order valence-corrected chi connectivity index (χ2v) is 8.62. The largest absolute Gasteiger partial charge is 0.451 e. The Morgan fingerprint density at radius 2 is 1.70 bits per heavy atom. The summed E-state index contributed by atoms with van der Waals surface area (Å²) in [7, 11) is -3.97. The van der Waals surface area contributed by atoms with E-state index in [0.717, 1.165) is 6.92 Å². The van der Waals surface area contributed by atoms with E-state index in [1.54, 1.807) is 6.07 Å². The number of benzene rings is 2. The van der Waals surface area contributed by atoms with Gasteiger partial charge in [0.15, 0.2) is 10.9 Å². The molecule has 0 aliphatic carbocycles. The number of rotatable bonds is 6. The summed E-state index contributed by atoms with van der Waals surface area (Å²) in [5.74, 6) is -1.39. The number of hydrogen-bond donors (Lipinski definition) is 3. The van der Waals surface area contributed by atoms with E-state index in [4.69, 9.17) is 16.6 Å². The summed E-state index contributed by atoms with van der Waals surface area (Å²) >= 11 is 5.08. The number of thiocarbonyl (C=S) groups is 1. The molecule has 3 N–H and O–H groups in total. The predicted octanol–water partition coefficient (Wildman–Crippen LogP) is 2.81. The Bertz CT molecular complexity index is 1350. The van der Waals surface area contributed by atoms with E-state index in [1.165, 1.54) is 54.6 Å². The number of hydrogen-bond acceptors (Lipinski definition) is 8. The molecule has 0 spiro atoms. The third-order valence-corrected chi connectivity index (χ3v) is 5.78. The van der Waals surface area contributed by atoms with Crippen LogP contribution in [0.2, 0.25) is 0 Å². The molecule has 0 radical (unpaired) electrons. The van der Waals surface area contributed by atoms with Gasteiger partial charge in [-0.25, -0.2) is 13.1 Å². The van der Waals surface area contributed by atoms with Crippen molar-refractivity contribution < 1.29 is 27.3 Å². The summed E-state index contributed by atoms with van der Waals surface area (Å²) in [5.41, 5.74) is 0.429. The van der Waals surface area contributed by atoms with Crippen LogP contribution in [0.4, 0.5) is 11.4 Å². The van der Waals surface area contributed by atoms with Crippen LogP contribution >= 0.6 is 12.2 Å². The summed E-state index contributed by atoms with van der Waals surface area (Å²) < 4.78 is 31.2. The lowest BCUT2D eigenvalue weighted by atomic mass is 10.1. The van der Waals surface area contributed by atoms with Crippen molar-refractivity contribution in [2.75, 3.05) is 5.32 Å². The first-order valence-corrected chi connectivity index (χ1v) is 11.1. The Hall–Kier alpha value is -4.10. The molecule has 0 atom stereocenters. The number of carbonyl (C=O) groups excluding carboxylic acids is 2. The van der Waals surface area contributed by atoms with Gasteiger partial charge in [-0.1, -0.05) is 12.1 Å². The fraction of sp³-hybridized carbons (Fsp3) is 0.0500. The highest BCUT2D eigenvalue weighted by Crippen LogP contribution is 2.30. The van der Waals surface area contributed by atoms with Gasteiger partial charge in [-0.05, 0) is 54.7 Å². The molecule has 0 unspecified atom stereocenters. The normalized spacial score (nSPS) is 10.8. The van der Waals surface area contributed by atoms with Crippen LogP contribution in [0.15, 0.2) is 70.0 Å². The van der Waals surface area contributed by atoms with Crippen LogP contribution in [-0.2, 0) is 14.8 Å². The van der Waals surface area contributed by atoms with Crippen molar-refractivity contribution in [3.8, 4) is 11.3 Å². The molecule has 170 valence electrons. The van der Waals surface area contributed by atoms with Crippen molar-refractivity contribution in [3.05, 3.63) is 76.5 Å². The first-order chi connectivity index (χ1) is 15.6.